The second-order valence-electron chi connectivity index (χ2n) is 8.63. The molecule has 0 radical (unpaired) electrons. The molecule has 1 saturated carbocycles. The number of piperidine rings is 2. The normalized spacial score (nSPS) is 21.9. The first-order chi connectivity index (χ1) is 15.6. The smallest absolute Gasteiger partial charge is 0.258 e. The number of aryl methyl sites for hydroxylation is 1. The van der Waals surface area contributed by atoms with E-state index in [1.165, 1.54) is 0 Å². The predicted molar refractivity (Wildman–Crippen MR) is 123 cm³/mol. The first-order valence-electron chi connectivity index (χ1n) is 11.1. The van der Waals surface area contributed by atoms with Gasteiger partial charge in [0, 0.05) is 36.7 Å². The summed E-state index contributed by atoms with van der Waals surface area (Å²) in [6, 6.07) is 11.7. The zero-order valence-electron chi connectivity index (χ0n) is 18.4. The number of rotatable bonds is 5. The van der Waals surface area contributed by atoms with Gasteiger partial charge in [-0.25, -0.2) is 15.0 Å². The van der Waals surface area contributed by atoms with E-state index in [2.05, 4.69) is 26.3 Å². The lowest BCUT2D eigenvalue weighted by molar-refractivity contribution is 0.0280. The van der Waals surface area contributed by atoms with E-state index in [9.17, 15) is 4.79 Å². The number of hydrogen-bond donors (Lipinski definition) is 1. The maximum atomic E-state index is 14.0. The Labute approximate surface area is 187 Å². The maximum Gasteiger partial charge on any atom is 0.258 e. The molecular weight excluding hydrogens is 402 g/mol. The highest BCUT2D eigenvalue weighted by atomic mass is 16.5. The van der Waals surface area contributed by atoms with Crippen LogP contribution < -0.4 is 10.1 Å². The van der Waals surface area contributed by atoms with Gasteiger partial charge in [0.1, 0.15) is 11.6 Å². The molecule has 164 valence electrons. The molecule has 7 nitrogen and oxygen atoms in total. The first-order valence-corrected chi connectivity index (χ1v) is 11.1. The largest absolute Gasteiger partial charge is 0.496 e. The highest BCUT2D eigenvalue weighted by Gasteiger charge is 2.44. The number of ether oxygens (including phenoxy) is 1. The Bertz CT molecular complexity index is 1100. The van der Waals surface area contributed by atoms with Crippen LogP contribution in [0.5, 0.6) is 5.75 Å². The minimum Gasteiger partial charge on any atom is -0.496 e. The SMILES string of the molecule is COc1cccc(-c2ncccn2)c1C(=O)N1CC2CCC1C(Nc1ccc(C)cn1)C2. The molecule has 3 aliphatic rings. The van der Waals surface area contributed by atoms with Crippen LogP contribution in [-0.2, 0) is 0 Å². The Morgan fingerprint density at radius 2 is 1.94 bits per heavy atom. The predicted octanol–water partition coefficient (Wildman–Crippen LogP) is 3.96. The van der Waals surface area contributed by atoms with Crippen LogP contribution in [0.4, 0.5) is 5.82 Å². The molecule has 3 aromatic rings. The minimum atomic E-state index is -0.0250. The van der Waals surface area contributed by atoms with E-state index >= 15 is 0 Å². The quantitative estimate of drug-likeness (QED) is 0.661. The van der Waals surface area contributed by atoms with E-state index in [1.807, 2.05) is 42.3 Å². The standard InChI is InChI=1S/C25H27N5O2/c1-16-7-10-22(28-14-16)29-19-13-17-8-9-20(19)30(15-17)25(31)23-18(5-3-6-21(23)32-2)24-26-11-4-12-27-24/h3-7,10-12,14,17,19-20H,8-9,13,15H2,1-2H3,(H,28,29). The highest BCUT2D eigenvalue weighted by Crippen LogP contribution is 2.39. The van der Waals surface area contributed by atoms with Gasteiger partial charge in [-0.05, 0) is 55.9 Å². The van der Waals surface area contributed by atoms with Crippen LogP contribution >= 0.6 is 0 Å². The molecule has 2 aliphatic heterocycles. The Kier molecular flexibility index (Phi) is 5.47. The zero-order valence-corrected chi connectivity index (χ0v) is 18.4. The zero-order chi connectivity index (χ0) is 22.1. The van der Waals surface area contributed by atoms with Crippen molar-refractivity contribution in [2.24, 2.45) is 5.92 Å². The fraction of sp³-hybridized carbons (Fsp3) is 0.360. The number of methoxy groups -OCH3 is 1. The molecule has 2 saturated heterocycles. The van der Waals surface area contributed by atoms with Crippen LogP contribution in [0.2, 0.25) is 0 Å². The molecule has 6 rings (SSSR count). The van der Waals surface area contributed by atoms with Crippen LogP contribution in [-0.4, -0.2) is 51.5 Å². The van der Waals surface area contributed by atoms with Crippen LogP contribution in [0, 0.1) is 12.8 Å². The summed E-state index contributed by atoms with van der Waals surface area (Å²) in [5.41, 5.74) is 2.35. The molecule has 3 atom stereocenters. The number of carbonyl (C=O) groups is 1. The highest BCUT2D eigenvalue weighted by molar-refractivity contribution is 6.03. The second-order valence-corrected chi connectivity index (χ2v) is 8.63. The van der Waals surface area contributed by atoms with Gasteiger partial charge in [-0.3, -0.25) is 4.79 Å². The number of aromatic nitrogens is 3. The third-order valence-electron chi connectivity index (χ3n) is 6.55. The summed E-state index contributed by atoms with van der Waals surface area (Å²) in [5, 5.41) is 3.59. The maximum absolute atomic E-state index is 14.0. The third-order valence-corrected chi connectivity index (χ3v) is 6.55. The molecule has 1 aromatic carbocycles. The van der Waals surface area contributed by atoms with E-state index in [1.54, 1.807) is 25.6 Å². The van der Waals surface area contributed by atoms with Crippen molar-refractivity contribution in [1.82, 2.24) is 19.9 Å². The van der Waals surface area contributed by atoms with Crippen LogP contribution in [0.15, 0.2) is 55.0 Å². The van der Waals surface area contributed by atoms with Crippen molar-refractivity contribution < 1.29 is 9.53 Å². The molecule has 32 heavy (non-hydrogen) atoms. The Morgan fingerprint density at radius 1 is 1.09 bits per heavy atom. The average molecular weight is 430 g/mol. The number of anilines is 1. The molecule has 1 N–H and O–H groups in total. The molecule has 2 bridgehead atoms. The van der Waals surface area contributed by atoms with Crippen molar-refractivity contribution in [3.8, 4) is 17.1 Å². The number of nitrogens with one attached hydrogen (secondary N) is 1. The summed E-state index contributed by atoms with van der Waals surface area (Å²) in [7, 11) is 1.59. The summed E-state index contributed by atoms with van der Waals surface area (Å²) in [6.45, 7) is 2.79. The summed E-state index contributed by atoms with van der Waals surface area (Å²) in [5.74, 6) is 2.37. The lowest BCUT2D eigenvalue weighted by atomic mass is 9.76. The fourth-order valence-corrected chi connectivity index (χ4v) is 5.02. The van der Waals surface area contributed by atoms with E-state index in [0.29, 0.717) is 28.6 Å². The average Bonchev–Trinajstić information content (AvgIpc) is 2.85. The second kappa shape index (κ2) is 8.57. The van der Waals surface area contributed by atoms with Gasteiger partial charge in [-0.1, -0.05) is 18.2 Å². The van der Waals surface area contributed by atoms with Gasteiger partial charge in [-0.2, -0.15) is 0 Å². The molecule has 0 spiro atoms. The van der Waals surface area contributed by atoms with Crippen molar-refractivity contribution >= 4 is 11.7 Å². The number of pyridine rings is 1. The van der Waals surface area contributed by atoms with Gasteiger partial charge >= 0.3 is 0 Å². The fourth-order valence-electron chi connectivity index (χ4n) is 5.02. The lowest BCUT2D eigenvalue weighted by Crippen LogP contribution is -2.59. The number of fused-ring (bicyclic) bond motifs is 3. The van der Waals surface area contributed by atoms with E-state index in [4.69, 9.17) is 4.74 Å². The summed E-state index contributed by atoms with van der Waals surface area (Å²) in [4.78, 5) is 29.2. The Morgan fingerprint density at radius 3 is 2.66 bits per heavy atom. The van der Waals surface area contributed by atoms with Crippen LogP contribution in [0.1, 0.15) is 35.2 Å². The third kappa shape index (κ3) is 3.79. The lowest BCUT2D eigenvalue weighted by Gasteiger charge is -2.50. The summed E-state index contributed by atoms with van der Waals surface area (Å²) in [6.07, 6.45) is 8.42. The number of benzene rings is 1. The van der Waals surface area contributed by atoms with Gasteiger partial charge in [0.15, 0.2) is 5.82 Å². The van der Waals surface area contributed by atoms with Crippen molar-refractivity contribution in [3.63, 3.8) is 0 Å². The molecule has 3 unspecified atom stereocenters. The van der Waals surface area contributed by atoms with Crippen LogP contribution in [0.25, 0.3) is 11.4 Å². The monoisotopic (exact) mass is 429 g/mol. The Balaban J connectivity index is 1.47. The number of nitrogens with zero attached hydrogens (tertiary/aromatic N) is 4. The number of amides is 1. The van der Waals surface area contributed by atoms with Gasteiger partial charge < -0.3 is 15.0 Å². The van der Waals surface area contributed by atoms with Crippen molar-refractivity contribution in [2.75, 3.05) is 19.0 Å². The number of hydrogen-bond acceptors (Lipinski definition) is 6. The minimum absolute atomic E-state index is 0.0250. The van der Waals surface area contributed by atoms with Gasteiger partial charge in [-0.15, -0.1) is 0 Å². The summed E-state index contributed by atoms with van der Waals surface area (Å²) >= 11 is 0. The molecule has 4 heterocycles. The molecule has 1 aliphatic carbocycles. The molecule has 7 heteroatoms. The van der Waals surface area contributed by atoms with E-state index < -0.39 is 0 Å². The molecule has 1 amide bonds. The Hall–Kier alpha value is -3.48. The van der Waals surface area contributed by atoms with Gasteiger partial charge in [0.2, 0.25) is 0 Å². The van der Waals surface area contributed by atoms with Crippen molar-refractivity contribution in [3.05, 3.63) is 66.1 Å². The number of carbonyl (C=O) groups excluding carboxylic acids is 1. The van der Waals surface area contributed by atoms with E-state index in [-0.39, 0.29) is 18.0 Å². The van der Waals surface area contributed by atoms with Gasteiger partial charge in [0.25, 0.3) is 5.91 Å². The topological polar surface area (TPSA) is 80.2 Å². The molecule has 2 aromatic heterocycles. The molecule has 3 fully saturated rings. The van der Waals surface area contributed by atoms with E-state index in [0.717, 1.165) is 37.2 Å². The molecular formula is C25H27N5O2. The summed E-state index contributed by atoms with van der Waals surface area (Å²) < 4.78 is 5.60. The van der Waals surface area contributed by atoms with Gasteiger partial charge in [0.05, 0.1) is 18.7 Å². The van der Waals surface area contributed by atoms with Crippen molar-refractivity contribution in [2.45, 2.75) is 38.3 Å². The van der Waals surface area contributed by atoms with Crippen molar-refractivity contribution in [1.29, 1.82) is 0 Å². The van der Waals surface area contributed by atoms with Crippen LogP contribution in [0.3, 0.4) is 0 Å². The first kappa shape index (κ1) is 20.4.